The number of rotatable bonds is 4. The van der Waals surface area contributed by atoms with Crippen LogP contribution in [0.25, 0.3) is 0 Å². The standard InChI is InChI=1S/C17H21NO3/c1-13-5-6-16(10-15(13)4-2-3-8-19)17(20)18-11-14-7-9-21-12-14/h5-6,10,14,19H,3,7-9,11-12H2,1H3,(H,18,20). The van der Waals surface area contributed by atoms with Gasteiger partial charge < -0.3 is 15.2 Å². The molecule has 1 aliphatic rings. The molecule has 2 rings (SSSR count). The number of hydrogen-bond acceptors (Lipinski definition) is 3. The van der Waals surface area contributed by atoms with Crippen LogP contribution in [0.3, 0.4) is 0 Å². The van der Waals surface area contributed by atoms with Crippen LogP contribution >= 0.6 is 0 Å². The molecule has 0 aromatic heterocycles. The van der Waals surface area contributed by atoms with Crippen LogP contribution in [-0.4, -0.2) is 37.4 Å². The minimum atomic E-state index is -0.0768. The zero-order valence-corrected chi connectivity index (χ0v) is 12.3. The molecular weight excluding hydrogens is 266 g/mol. The van der Waals surface area contributed by atoms with Crippen LogP contribution in [-0.2, 0) is 4.74 Å². The maximum absolute atomic E-state index is 12.2. The van der Waals surface area contributed by atoms with E-state index >= 15 is 0 Å². The highest BCUT2D eigenvalue weighted by atomic mass is 16.5. The number of hydrogen-bond donors (Lipinski definition) is 2. The number of benzene rings is 1. The maximum atomic E-state index is 12.2. The van der Waals surface area contributed by atoms with Crippen molar-refractivity contribution in [1.29, 1.82) is 0 Å². The molecule has 1 aromatic carbocycles. The van der Waals surface area contributed by atoms with E-state index in [0.717, 1.165) is 30.8 Å². The predicted octanol–water partition coefficient (Wildman–Crippen LogP) is 1.50. The molecule has 0 radical (unpaired) electrons. The Balaban J connectivity index is 2.00. The van der Waals surface area contributed by atoms with E-state index in [9.17, 15) is 4.79 Å². The molecule has 0 saturated carbocycles. The summed E-state index contributed by atoms with van der Waals surface area (Å²) >= 11 is 0. The lowest BCUT2D eigenvalue weighted by molar-refractivity contribution is 0.0945. The van der Waals surface area contributed by atoms with E-state index in [1.54, 1.807) is 6.07 Å². The van der Waals surface area contributed by atoms with Gasteiger partial charge in [0.05, 0.1) is 13.2 Å². The van der Waals surface area contributed by atoms with Gasteiger partial charge in [-0.2, -0.15) is 0 Å². The summed E-state index contributed by atoms with van der Waals surface area (Å²) in [6, 6.07) is 5.52. The Morgan fingerprint density at radius 1 is 1.52 bits per heavy atom. The van der Waals surface area contributed by atoms with Gasteiger partial charge >= 0.3 is 0 Å². The average molecular weight is 287 g/mol. The van der Waals surface area contributed by atoms with Gasteiger partial charge in [-0.25, -0.2) is 0 Å². The number of carbonyl (C=O) groups is 1. The van der Waals surface area contributed by atoms with E-state index in [0.29, 0.717) is 24.4 Å². The van der Waals surface area contributed by atoms with Crippen molar-refractivity contribution in [1.82, 2.24) is 5.32 Å². The Hall–Kier alpha value is -1.83. The molecule has 4 heteroatoms. The van der Waals surface area contributed by atoms with Crippen LogP contribution in [0, 0.1) is 24.7 Å². The van der Waals surface area contributed by atoms with Gasteiger partial charge in [-0.05, 0) is 31.0 Å². The molecule has 2 N–H and O–H groups in total. The molecule has 0 bridgehead atoms. The SMILES string of the molecule is Cc1ccc(C(=O)NCC2CCOC2)cc1C#CCCO. The van der Waals surface area contributed by atoms with Crippen LogP contribution in [0.2, 0.25) is 0 Å². The summed E-state index contributed by atoms with van der Waals surface area (Å²) in [6.45, 7) is 4.18. The first-order valence-corrected chi connectivity index (χ1v) is 7.27. The topological polar surface area (TPSA) is 58.6 Å². The van der Waals surface area contributed by atoms with Gasteiger partial charge in [-0.1, -0.05) is 17.9 Å². The molecule has 0 spiro atoms. The fourth-order valence-electron chi connectivity index (χ4n) is 2.19. The minimum Gasteiger partial charge on any atom is -0.395 e. The van der Waals surface area contributed by atoms with Crippen LogP contribution < -0.4 is 5.32 Å². The summed E-state index contributed by atoms with van der Waals surface area (Å²) < 4.78 is 5.29. The summed E-state index contributed by atoms with van der Waals surface area (Å²) in [4.78, 5) is 12.2. The molecule has 1 unspecified atom stereocenters. The highest BCUT2D eigenvalue weighted by Gasteiger charge is 2.16. The van der Waals surface area contributed by atoms with E-state index in [2.05, 4.69) is 17.2 Å². The summed E-state index contributed by atoms with van der Waals surface area (Å²) in [5, 5.41) is 11.7. The van der Waals surface area contributed by atoms with E-state index < -0.39 is 0 Å². The third kappa shape index (κ3) is 4.59. The van der Waals surface area contributed by atoms with Gasteiger partial charge in [0.2, 0.25) is 0 Å². The Morgan fingerprint density at radius 2 is 2.38 bits per heavy atom. The van der Waals surface area contributed by atoms with Crippen LogP contribution in [0.15, 0.2) is 18.2 Å². The molecule has 1 fully saturated rings. The first kappa shape index (κ1) is 15.6. The highest BCUT2D eigenvalue weighted by Crippen LogP contribution is 2.13. The first-order chi connectivity index (χ1) is 10.2. The summed E-state index contributed by atoms with van der Waals surface area (Å²) in [7, 11) is 0. The number of aryl methyl sites for hydroxylation is 1. The number of ether oxygens (including phenoxy) is 1. The second kappa shape index (κ2) is 7.82. The molecule has 1 aromatic rings. The normalized spacial score (nSPS) is 17.1. The Morgan fingerprint density at radius 3 is 3.10 bits per heavy atom. The molecule has 1 atom stereocenters. The van der Waals surface area contributed by atoms with E-state index in [1.807, 2.05) is 19.1 Å². The minimum absolute atomic E-state index is 0.0513. The monoisotopic (exact) mass is 287 g/mol. The first-order valence-electron chi connectivity index (χ1n) is 7.27. The van der Waals surface area contributed by atoms with Gasteiger partial charge in [-0.15, -0.1) is 0 Å². The molecule has 112 valence electrons. The number of aliphatic hydroxyl groups excluding tert-OH is 1. The van der Waals surface area contributed by atoms with Crippen LogP contribution in [0.5, 0.6) is 0 Å². The number of nitrogens with one attached hydrogen (secondary N) is 1. The number of amides is 1. The fraction of sp³-hybridized carbons (Fsp3) is 0.471. The molecule has 21 heavy (non-hydrogen) atoms. The molecule has 1 amide bonds. The van der Waals surface area contributed by atoms with E-state index in [-0.39, 0.29) is 12.5 Å². The summed E-state index contributed by atoms with van der Waals surface area (Å²) in [5.74, 6) is 6.23. The molecule has 1 saturated heterocycles. The molecule has 4 nitrogen and oxygen atoms in total. The predicted molar refractivity (Wildman–Crippen MR) is 81.0 cm³/mol. The lowest BCUT2D eigenvalue weighted by atomic mass is 10.0. The van der Waals surface area contributed by atoms with Gasteiger partial charge in [-0.3, -0.25) is 4.79 Å². The second-order valence-electron chi connectivity index (χ2n) is 5.24. The van der Waals surface area contributed by atoms with Crippen LogP contribution in [0.1, 0.15) is 34.3 Å². The van der Waals surface area contributed by atoms with Crippen molar-refractivity contribution in [2.45, 2.75) is 19.8 Å². The van der Waals surface area contributed by atoms with Crippen molar-refractivity contribution in [3.8, 4) is 11.8 Å². The van der Waals surface area contributed by atoms with Gasteiger partial charge in [0.1, 0.15) is 0 Å². The smallest absolute Gasteiger partial charge is 0.251 e. The van der Waals surface area contributed by atoms with Crippen molar-refractivity contribution < 1.29 is 14.6 Å². The Bertz CT molecular complexity index is 551. The summed E-state index contributed by atoms with van der Waals surface area (Å²) in [5.41, 5.74) is 2.48. The third-order valence-corrected chi connectivity index (χ3v) is 3.53. The zero-order chi connectivity index (χ0) is 15.1. The Kier molecular flexibility index (Phi) is 5.79. The molecule has 1 aliphatic heterocycles. The Labute approximate surface area is 125 Å². The van der Waals surface area contributed by atoms with Crippen molar-refractivity contribution in [3.63, 3.8) is 0 Å². The van der Waals surface area contributed by atoms with E-state index in [1.165, 1.54) is 0 Å². The highest BCUT2D eigenvalue weighted by molar-refractivity contribution is 5.94. The maximum Gasteiger partial charge on any atom is 0.251 e. The molecule has 1 heterocycles. The number of carbonyl (C=O) groups excluding carboxylic acids is 1. The lowest BCUT2D eigenvalue weighted by Gasteiger charge is -2.10. The molecular formula is C17H21NO3. The lowest BCUT2D eigenvalue weighted by Crippen LogP contribution is -2.29. The zero-order valence-electron chi connectivity index (χ0n) is 12.3. The van der Waals surface area contributed by atoms with Gasteiger partial charge in [0.15, 0.2) is 0 Å². The van der Waals surface area contributed by atoms with Crippen molar-refractivity contribution in [2.24, 2.45) is 5.92 Å². The number of aliphatic hydroxyl groups is 1. The summed E-state index contributed by atoms with van der Waals surface area (Å²) in [6.07, 6.45) is 1.45. The third-order valence-electron chi connectivity index (χ3n) is 3.53. The second-order valence-corrected chi connectivity index (χ2v) is 5.24. The fourth-order valence-corrected chi connectivity index (χ4v) is 2.19. The van der Waals surface area contributed by atoms with Crippen molar-refractivity contribution in [3.05, 3.63) is 34.9 Å². The van der Waals surface area contributed by atoms with E-state index in [4.69, 9.17) is 9.84 Å². The largest absolute Gasteiger partial charge is 0.395 e. The van der Waals surface area contributed by atoms with Crippen LogP contribution in [0.4, 0.5) is 0 Å². The molecule has 0 aliphatic carbocycles. The average Bonchev–Trinajstić information content (AvgIpc) is 3.00. The van der Waals surface area contributed by atoms with Gasteiger partial charge in [0, 0.05) is 36.6 Å². The quantitative estimate of drug-likeness (QED) is 0.825. The van der Waals surface area contributed by atoms with Gasteiger partial charge in [0.25, 0.3) is 5.91 Å². The van der Waals surface area contributed by atoms with Crippen molar-refractivity contribution >= 4 is 5.91 Å². The van der Waals surface area contributed by atoms with Crippen molar-refractivity contribution in [2.75, 3.05) is 26.4 Å².